The van der Waals surface area contributed by atoms with Crippen LogP contribution in [0.3, 0.4) is 0 Å². The highest BCUT2D eigenvalue weighted by atomic mass is 19.4. The van der Waals surface area contributed by atoms with E-state index in [9.17, 15) is 22.8 Å². The maximum atomic E-state index is 12.8. The number of carbonyl (C=O) groups excluding carboxylic acids is 2. The molecule has 2 aromatic rings. The molecule has 1 aliphatic rings. The first-order valence-corrected chi connectivity index (χ1v) is 8.49. The molecular formula is C20H18F3NO3. The van der Waals surface area contributed by atoms with Crippen LogP contribution in [0.25, 0.3) is 0 Å². The maximum absolute atomic E-state index is 12.8. The van der Waals surface area contributed by atoms with Gasteiger partial charge >= 0.3 is 12.1 Å². The second-order valence-electron chi connectivity index (χ2n) is 6.40. The summed E-state index contributed by atoms with van der Waals surface area (Å²) in [5.41, 5.74) is 1.03. The fraction of sp³-hybridized carbons (Fsp3) is 0.300. The molecule has 0 radical (unpaired) electrons. The minimum atomic E-state index is -4.56. The Balaban J connectivity index is 1.66. The first kappa shape index (κ1) is 18.9. The van der Waals surface area contributed by atoms with Crippen molar-refractivity contribution < 1.29 is 27.5 Å². The van der Waals surface area contributed by atoms with Crippen LogP contribution < -0.4 is 0 Å². The van der Waals surface area contributed by atoms with Crippen LogP contribution in [-0.4, -0.2) is 29.4 Å². The molecule has 0 spiro atoms. The molecule has 0 unspecified atom stereocenters. The van der Waals surface area contributed by atoms with Crippen molar-refractivity contribution in [2.75, 3.05) is 6.54 Å². The number of carbonyl (C=O) groups is 2. The molecule has 0 aliphatic carbocycles. The second kappa shape index (κ2) is 7.42. The number of fused-ring (bicyclic) bond motifs is 1. The summed E-state index contributed by atoms with van der Waals surface area (Å²) in [7, 11) is 0. The van der Waals surface area contributed by atoms with Crippen molar-refractivity contribution in [2.24, 2.45) is 0 Å². The van der Waals surface area contributed by atoms with Crippen LogP contribution in [0.1, 0.15) is 34.0 Å². The van der Waals surface area contributed by atoms with Gasteiger partial charge in [-0.1, -0.05) is 30.3 Å². The topological polar surface area (TPSA) is 46.6 Å². The lowest BCUT2D eigenvalue weighted by atomic mass is 9.99. The van der Waals surface area contributed by atoms with Gasteiger partial charge in [0, 0.05) is 13.1 Å². The van der Waals surface area contributed by atoms with Crippen LogP contribution in [0.5, 0.6) is 0 Å². The van der Waals surface area contributed by atoms with Gasteiger partial charge in [0.15, 0.2) is 6.10 Å². The Bertz CT molecular complexity index is 864. The van der Waals surface area contributed by atoms with E-state index in [1.165, 1.54) is 18.6 Å². The number of ether oxygens (including phenoxy) is 1. The number of alkyl halides is 3. The fourth-order valence-electron chi connectivity index (χ4n) is 3.04. The van der Waals surface area contributed by atoms with Gasteiger partial charge < -0.3 is 9.64 Å². The van der Waals surface area contributed by atoms with Gasteiger partial charge in [0.05, 0.1) is 11.1 Å². The van der Waals surface area contributed by atoms with Crippen molar-refractivity contribution in [2.45, 2.75) is 32.2 Å². The van der Waals surface area contributed by atoms with Crippen molar-refractivity contribution in [3.63, 3.8) is 0 Å². The van der Waals surface area contributed by atoms with Crippen molar-refractivity contribution in [1.82, 2.24) is 4.90 Å². The average molecular weight is 377 g/mol. The molecule has 0 aromatic heterocycles. The number of hydrogen-bond donors (Lipinski definition) is 0. The summed E-state index contributed by atoms with van der Waals surface area (Å²) in [6.07, 6.45) is -4.94. The summed E-state index contributed by atoms with van der Waals surface area (Å²) < 4.78 is 43.4. The number of nitrogens with zero attached hydrogens (tertiary/aromatic N) is 1. The molecule has 0 bridgehead atoms. The van der Waals surface area contributed by atoms with Gasteiger partial charge in [-0.15, -0.1) is 0 Å². The van der Waals surface area contributed by atoms with Gasteiger partial charge in [-0.2, -0.15) is 13.2 Å². The third-order valence-corrected chi connectivity index (χ3v) is 4.50. The molecule has 0 N–H and O–H groups in total. The van der Waals surface area contributed by atoms with Gasteiger partial charge in [0.2, 0.25) is 0 Å². The second-order valence-corrected chi connectivity index (χ2v) is 6.40. The third kappa shape index (κ3) is 4.30. The van der Waals surface area contributed by atoms with Crippen LogP contribution in [0.15, 0.2) is 48.5 Å². The van der Waals surface area contributed by atoms with E-state index in [0.29, 0.717) is 19.5 Å². The van der Waals surface area contributed by atoms with E-state index in [4.69, 9.17) is 4.74 Å². The monoisotopic (exact) mass is 377 g/mol. The lowest BCUT2D eigenvalue weighted by Crippen LogP contribution is -2.42. The molecule has 7 heteroatoms. The summed E-state index contributed by atoms with van der Waals surface area (Å²) in [5.74, 6) is -1.33. The van der Waals surface area contributed by atoms with E-state index in [0.717, 1.165) is 23.8 Å². The minimum absolute atomic E-state index is 0.242. The van der Waals surface area contributed by atoms with Crippen molar-refractivity contribution in [1.29, 1.82) is 0 Å². The molecule has 27 heavy (non-hydrogen) atoms. The van der Waals surface area contributed by atoms with E-state index in [-0.39, 0.29) is 11.5 Å². The normalized spacial score (nSPS) is 15.0. The quantitative estimate of drug-likeness (QED) is 0.764. The van der Waals surface area contributed by atoms with E-state index < -0.39 is 23.8 Å². The van der Waals surface area contributed by atoms with E-state index >= 15 is 0 Å². The maximum Gasteiger partial charge on any atom is 0.416 e. The first-order valence-electron chi connectivity index (χ1n) is 8.49. The van der Waals surface area contributed by atoms with Gasteiger partial charge in [-0.05, 0) is 42.7 Å². The predicted molar refractivity (Wildman–Crippen MR) is 91.9 cm³/mol. The van der Waals surface area contributed by atoms with E-state index in [1.54, 1.807) is 4.90 Å². The predicted octanol–water partition coefficient (Wildman–Crippen LogP) is 3.84. The smallest absolute Gasteiger partial charge is 0.416 e. The Hall–Kier alpha value is -2.83. The van der Waals surface area contributed by atoms with Crippen LogP contribution in [0, 0.1) is 0 Å². The van der Waals surface area contributed by atoms with Crippen molar-refractivity contribution in [3.05, 3.63) is 70.8 Å². The SMILES string of the molecule is C[C@H](OC(=O)c1cccc(C(F)(F)F)c1)C(=O)N1CCc2ccccc2C1. The first-order chi connectivity index (χ1) is 12.8. The van der Waals surface area contributed by atoms with E-state index in [2.05, 4.69) is 0 Å². The number of esters is 1. The lowest BCUT2D eigenvalue weighted by Gasteiger charge is -2.30. The largest absolute Gasteiger partial charge is 0.449 e. The fourth-order valence-corrected chi connectivity index (χ4v) is 3.04. The molecule has 4 nitrogen and oxygen atoms in total. The van der Waals surface area contributed by atoms with Crippen molar-refractivity contribution in [3.8, 4) is 0 Å². The highest BCUT2D eigenvalue weighted by Gasteiger charge is 2.32. The van der Waals surface area contributed by atoms with Gasteiger partial charge in [0.25, 0.3) is 5.91 Å². The number of amides is 1. The molecule has 0 fully saturated rings. The minimum Gasteiger partial charge on any atom is -0.449 e. The average Bonchev–Trinajstić information content (AvgIpc) is 2.66. The molecule has 3 rings (SSSR count). The van der Waals surface area contributed by atoms with Crippen LogP contribution >= 0.6 is 0 Å². The molecular weight excluding hydrogens is 359 g/mol. The summed E-state index contributed by atoms with van der Waals surface area (Å²) >= 11 is 0. The van der Waals surface area contributed by atoms with Crippen LogP contribution in [0.2, 0.25) is 0 Å². The number of halogens is 3. The zero-order valence-electron chi connectivity index (χ0n) is 14.6. The Morgan fingerprint density at radius 1 is 1.07 bits per heavy atom. The lowest BCUT2D eigenvalue weighted by molar-refractivity contribution is -0.141. The number of rotatable bonds is 3. The van der Waals surface area contributed by atoms with E-state index in [1.807, 2.05) is 24.3 Å². The van der Waals surface area contributed by atoms with Crippen LogP contribution in [-0.2, 0) is 28.7 Å². The Kier molecular flexibility index (Phi) is 5.21. The van der Waals surface area contributed by atoms with Crippen molar-refractivity contribution >= 4 is 11.9 Å². The summed E-state index contributed by atoms with van der Waals surface area (Å²) in [6, 6.07) is 11.7. The molecule has 1 aliphatic heterocycles. The summed E-state index contributed by atoms with van der Waals surface area (Å²) in [4.78, 5) is 26.3. The molecule has 0 saturated carbocycles. The van der Waals surface area contributed by atoms with Crippen LogP contribution in [0.4, 0.5) is 13.2 Å². The number of benzene rings is 2. The third-order valence-electron chi connectivity index (χ3n) is 4.50. The molecule has 2 aromatic carbocycles. The highest BCUT2D eigenvalue weighted by Crippen LogP contribution is 2.29. The Morgan fingerprint density at radius 3 is 2.48 bits per heavy atom. The molecule has 1 amide bonds. The molecule has 0 saturated heterocycles. The molecule has 142 valence electrons. The standard InChI is InChI=1S/C20H18F3NO3/c1-13(18(25)24-10-9-14-5-2-3-6-16(14)12-24)27-19(26)15-7-4-8-17(11-15)20(21,22)23/h2-8,11,13H,9-10,12H2,1H3/t13-/m0/s1. The summed E-state index contributed by atoms with van der Waals surface area (Å²) in [5, 5.41) is 0. The van der Waals surface area contributed by atoms with Gasteiger partial charge in [-0.3, -0.25) is 4.79 Å². The number of hydrogen-bond acceptors (Lipinski definition) is 3. The highest BCUT2D eigenvalue weighted by molar-refractivity contribution is 5.92. The van der Waals surface area contributed by atoms with Gasteiger partial charge in [0.1, 0.15) is 0 Å². The zero-order chi connectivity index (χ0) is 19.6. The molecule has 1 atom stereocenters. The zero-order valence-corrected chi connectivity index (χ0v) is 14.6. The Morgan fingerprint density at radius 2 is 1.78 bits per heavy atom. The summed E-state index contributed by atoms with van der Waals surface area (Å²) in [6.45, 7) is 2.34. The molecule has 1 heterocycles. The van der Waals surface area contributed by atoms with Gasteiger partial charge in [-0.25, -0.2) is 4.79 Å². The Labute approximate surface area is 154 Å².